The first kappa shape index (κ1) is 28.5. The minimum atomic E-state index is -4.92. The molecule has 3 aromatic rings. The molecule has 7 nitrogen and oxygen atoms in total. The van der Waals surface area contributed by atoms with Gasteiger partial charge in [0, 0.05) is 9.79 Å². The van der Waals surface area contributed by atoms with E-state index < -0.39 is 52.0 Å². The first-order chi connectivity index (χ1) is 18.7. The van der Waals surface area contributed by atoms with Crippen molar-refractivity contribution in [2.45, 2.75) is 45.4 Å². The fraction of sp³-hybridized carbons (Fsp3) is 0.280. The number of alkyl halides is 6. The summed E-state index contributed by atoms with van der Waals surface area (Å²) in [5, 5.41) is 11.4. The van der Waals surface area contributed by atoms with Crippen LogP contribution in [0.2, 0.25) is 0 Å². The summed E-state index contributed by atoms with van der Waals surface area (Å²) >= 11 is 1.28. The topological polar surface area (TPSA) is 94.9 Å². The Morgan fingerprint density at radius 2 is 1.65 bits per heavy atom. The molecule has 4 atom stereocenters. The molecule has 3 aromatic carbocycles. The van der Waals surface area contributed by atoms with E-state index in [1.54, 1.807) is 29.2 Å². The Morgan fingerprint density at radius 1 is 0.975 bits per heavy atom. The Kier molecular flexibility index (Phi) is 7.46. The van der Waals surface area contributed by atoms with Gasteiger partial charge in [0.1, 0.15) is 15.7 Å². The van der Waals surface area contributed by atoms with Gasteiger partial charge in [-0.25, -0.2) is 13.7 Å². The quantitative estimate of drug-likeness (QED) is 0.312. The highest BCUT2D eigenvalue weighted by molar-refractivity contribution is 7.99. The Hall–Kier alpha value is -2.98. The van der Waals surface area contributed by atoms with Gasteiger partial charge in [-0.2, -0.15) is 13.2 Å². The van der Waals surface area contributed by atoms with Crippen LogP contribution in [0.4, 0.5) is 37.7 Å². The predicted octanol–water partition coefficient (Wildman–Crippen LogP) is 5.95. The number of rotatable bonds is 5. The number of ether oxygens (including phenoxy) is 2. The number of anilines is 2. The largest absolute Gasteiger partial charge is 0.573 e. The molecule has 40 heavy (non-hydrogen) atoms. The summed E-state index contributed by atoms with van der Waals surface area (Å²) in [6.07, 6.45) is -10.9. The van der Waals surface area contributed by atoms with Gasteiger partial charge in [-0.1, -0.05) is 23.9 Å². The van der Waals surface area contributed by atoms with Crippen molar-refractivity contribution >= 4 is 33.1 Å². The molecule has 0 saturated carbocycles. The van der Waals surface area contributed by atoms with E-state index in [1.165, 1.54) is 17.8 Å². The second-order valence-electron chi connectivity index (χ2n) is 9.02. The molecule has 1 saturated heterocycles. The van der Waals surface area contributed by atoms with Crippen LogP contribution in [0, 0.1) is 4.78 Å². The van der Waals surface area contributed by atoms with Gasteiger partial charge >= 0.3 is 12.5 Å². The number of aliphatic hydroxyl groups is 1. The lowest BCUT2D eigenvalue weighted by atomic mass is 9.98. The maximum Gasteiger partial charge on any atom is 0.573 e. The fourth-order valence-corrected chi connectivity index (χ4v) is 6.88. The number of halogens is 6. The second kappa shape index (κ2) is 10.4. The second-order valence-corrected chi connectivity index (χ2v) is 11.9. The van der Waals surface area contributed by atoms with Gasteiger partial charge in [0.2, 0.25) is 0 Å². The van der Waals surface area contributed by atoms with Crippen LogP contribution in [-0.2, 0) is 20.8 Å². The van der Waals surface area contributed by atoms with E-state index >= 15 is 0 Å². The molecule has 2 heterocycles. The summed E-state index contributed by atoms with van der Waals surface area (Å²) in [4.78, 5) is 2.65. The molecule has 0 spiro atoms. The minimum Gasteiger partial charge on any atom is -0.406 e. The van der Waals surface area contributed by atoms with Crippen LogP contribution in [-0.4, -0.2) is 47.1 Å². The molecule has 3 N–H and O–H groups in total. The third-order valence-electron chi connectivity index (χ3n) is 6.32. The monoisotopic (exact) mass is 605 g/mol. The molecule has 2 aliphatic rings. The van der Waals surface area contributed by atoms with Crippen molar-refractivity contribution < 1.29 is 45.1 Å². The van der Waals surface area contributed by atoms with Gasteiger partial charge in [0.15, 0.2) is 0 Å². The van der Waals surface area contributed by atoms with Crippen molar-refractivity contribution in [3.63, 3.8) is 0 Å². The maximum atomic E-state index is 13.6. The maximum absolute atomic E-state index is 13.6. The van der Waals surface area contributed by atoms with Crippen molar-refractivity contribution in [2.24, 2.45) is 0 Å². The van der Waals surface area contributed by atoms with E-state index in [0.717, 1.165) is 41.3 Å². The first-order valence-electron chi connectivity index (χ1n) is 11.7. The third kappa shape index (κ3) is 5.88. The highest BCUT2D eigenvalue weighted by atomic mass is 32.2. The lowest BCUT2D eigenvalue weighted by molar-refractivity contribution is -0.274. The molecule has 2 aliphatic heterocycles. The van der Waals surface area contributed by atoms with Gasteiger partial charge in [-0.3, -0.25) is 0 Å². The average Bonchev–Trinajstić information content (AvgIpc) is 2.87. The number of nitrogens with zero attached hydrogens (tertiary/aromatic N) is 1. The number of hydrogen-bond donors (Lipinski definition) is 3. The zero-order valence-electron chi connectivity index (χ0n) is 20.2. The predicted molar refractivity (Wildman–Crippen MR) is 134 cm³/mol. The Balaban J connectivity index is 1.44. The van der Waals surface area contributed by atoms with Crippen molar-refractivity contribution in [3.8, 4) is 5.75 Å². The third-order valence-corrected chi connectivity index (χ3v) is 9.02. The van der Waals surface area contributed by atoms with Crippen molar-refractivity contribution in [3.05, 3.63) is 72.3 Å². The SMILES string of the molecule is N=S(=O)(NC1COCC(N2c3ccccc3Sc3ccc(C(F)(F)F)cc32)C1O)c1ccc(OC(F)(F)F)cc1. The fourth-order valence-electron chi connectivity index (χ4n) is 4.54. The molecule has 4 unspecified atom stereocenters. The lowest BCUT2D eigenvalue weighted by Gasteiger charge is -2.45. The van der Waals surface area contributed by atoms with E-state index in [-0.39, 0.29) is 23.8 Å². The molecule has 0 radical (unpaired) electrons. The van der Waals surface area contributed by atoms with E-state index in [2.05, 4.69) is 9.46 Å². The summed E-state index contributed by atoms with van der Waals surface area (Å²) < 4.78 is 112. The molecule has 5 rings (SSSR count). The smallest absolute Gasteiger partial charge is 0.406 e. The zero-order valence-corrected chi connectivity index (χ0v) is 21.8. The average molecular weight is 606 g/mol. The molecule has 0 amide bonds. The summed E-state index contributed by atoms with van der Waals surface area (Å²) in [5.41, 5.74) is -0.123. The Bertz CT molecular complexity index is 1500. The van der Waals surface area contributed by atoms with Crippen LogP contribution in [0.5, 0.6) is 5.75 Å². The van der Waals surface area contributed by atoms with Crippen molar-refractivity contribution in [1.82, 2.24) is 4.72 Å². The van der Waals surface area contributed by atoms with Crippen LogP contribution in [0.15, 0.2) is 81.4 Å². The number of fused-ring (bicyclic) bond motifs is 2. The van der Waals surface area contributed by atoms with E-state index in [9.17, 15) is 35.7 Å². The summed E-state index contributed by atoms with van der Waals surface area (Å²) in [7, 11) is -3.85. The normalized spacial score (nSPS) is 22.7. The number of aliphatic hydroxyl groups excluding tert-OH is 1. The number of hydrogen-bond acceptors (Lipinski definition) is 7. The van der Waals surface area contributed by atoms with Gasteiger partial charge in [0.05, 0.1) is 53.2 Å². The van der Waals surface area contributed by atoms with E-state index in [1.807, 2.05) is 0 Å². The van der Waals surface area contributed by atoms with Crippen LogP contribution >= 0.6 is 11.8 Å². The summed E-state index contributed by atoms with van der Waals surface area (Å²) in [6.45, 7) is -0.265. The number of benzene rings is 3. The van der Waals surface area contributed by atoms with Crippen LogP contribution in [0.25, 0.3) is 0 Å². The summed E-state index contributed by atoms with van der Waals surface area (Å²) in [5.74, 6) is -0.564. The Labute approximate surface area is 229 Å². The lowest BCUT2D eigenvalue weighted by Crippen LogP contribution is -2.60. The molecular weight excluding hydrogens is 584 g/mol. The summed E-state index contributed by atoms with van der Waals surface area (Å²) in [6, 6.07) is 12.2. The van der Waals surface area contributed by atoms with Crippen molar-refractivity contribution in [2.75, 3.05) is 18.1 Å². The highest BCUT2D eigenvalue weighted by Gasteiger charge is 2.42. The van der Waals surface area contributed by atoms with Crippen molar-refractivity contribution in [1.29, 1.82) is 4.78 Å². The molecule has 15 heteroatoms. The molecule has 0 aliphatic carbocycles. The number of nitrogens with one attached hydrogen (secondary N) is 2. The van der Waals surface area contributed by atoms with Gasteiger partial charge in [-0.15, -0.1) is 13.2 Å². The molecule has 214 valence electrons. The standard InChI is InChI=1S/C25H21F6N3O4S2/c26-24(27,28)14-5-10-22-19(11-14)34(18-3-1-2-4-21(18)39-22)20-13-37-12-17(23(20)35)33-40(32,36)16-8-6-15(7-9-16)38-25(29,30)31/h1-11,17,20,23,35H,12-13H2,(H2,32,33,36). The van der Waals surface area contributed by atoms with E-state index in [4.69, 9.17) is 9.52 Å². The van der Waals surface area contributed by atoms with Gasteiger partial charge < -0.3 is 19.5 Å². The minimum absolute atomic E-state index is 0.0866. The number of para-hydroxylation sites is 1. The zero-order chi connectivity index (χ0) is 28.9. The first-order valence-corrected chi connectivity index (χ1v) is 14.1. The van der Waals surface area contributed by atoms with Gasteiger partial charge in [0.25, 0.3) is 0 Å². The molecule has 1 fully saturated rings. The molecule has 0 bridgehead atoms. The molecular formula is C25H21F6N3O4S2. The highest BCUT2D eigenvalue weighted by Crippen LogP contribution is 2.51. The van der Waals surface area contributed by atoms with Crippen LogP contribution in [0.1, 0.15) is 5.56 Å². The Morgan fingerprint density at radius 3 is 2.33 bits per heavy atom. The van der Waals surface area contributed by atoms with E-state index in [0.29, 0.717) is 10.6 Å². The van der Waals surface area contributed by atoms with Crippen LogP contribution < -0.4 is 14.4 Å². The van der Waals surface area contributed by atoms with Gasteiger partial charge in [-0.05, 0) is 54.6 Å². The van der Waals surface area contributed by atoms with Crippen LogP contribution in [0.3, 0.4) is 0 Å². The molecule has 0 aromatic heterocycles.